The van der Waals surface area contributed by atoms with Gasteiger partial charge in [-0.25, -0.2) is 4.39 Å². The molecule has 2 aromatic rings. The molecule has 0 aliphatic carbocycles. The largest absolute Gasteiger partial charge is 0.299 e. The first-order chi connectivity index (χ1) is 8.56. The molecule has 0 fully saturated rings. The van der Waals surface area contributed by atoms with Gasteiger partial charge in [0, 0.05) is 38.2 Å². The van der Waals surface area contributed by atoms with Crippen molar-refractivity contribution in [1.82, 2.24) is 0 Å². The number of benzene rings is 1. The predicted molar refractivity (Wildman–Crippen MR) is 75.8 cm³/mol. The molecule has 0 amide bonds. The second-order valence-corrected chi connectivity index (χ2v) is 6.14. The molecule has 0 radical (unpaired) electrons. The minimum atomic E-state index is -0.428. The number of ketones is 1. The number of Topliss-reactive ketones (excluding diaryl/α,β-unsaturated/α-hetero) is 1. The molecule has 1 aromatic carbocycles. The molecule has 0 saturated heterocycles. The van der Waals surface area contributed by atoms with Crippen molar-refractivity contribution in [3.05, 3.63) is 55.4 Å². The molecule has 0 atom stereocenters. The highest BCUT2D eigenvalue weighted by Gasteiger charge is 2.13. The molecular formula is C13H9BrClFOS. The van der Waals surface area contributed by atoms with Crippen molar-refractivity contribution in [3.8, 4) is 0 Å². The lowest BCUT2D eigenvalue weighted by atomic mass is 10.1. The van der Waals surface area contributed by atoms with Gasteiger partial charge < -0.3 is 0 Å². The van der Waals surface area contributed by atoms with Crippen LogP contribution in [-0.2, 0) is 17.6 Å². The molecule has 0 aliphatic rings. The Kier molecular flexibility index (Phi) is 4.54. The zero-order chi connectivity index (χ0) is 13.1. The molecule has 18 heavy (non-hydrogen) atoms. The van der Waals surface area contributed by atoms with E-state index in [1.807, 2.05) is 11.4 Å². The number of halogens is 3. The fourth-order valence-electron chi connectivity index (χ4n) is 1.60. The van der Waals surface area contributed by atoms with Gasteiger partial charge >= 0.3 is 0 Å². The van der Waals surface area contributed by atoms with E-state index in [-0.39, 0.29) is 17.8 Å². The molecule has 1 heterocycles. The van der Waals surface area contributed by atoms with Gasteiger partial charge in [0.2, 0.25) is 0 Å². The van der Waals surface area contributed by atoms with Gasteiger partial charge in [-0.3, -0.25) is 4.79 Å². The lowest BCUT2D eigenvalue weighted by Crippen LogP contribution is -2.07. The predicted octanol–water partition coefficient (Wildman–Crippen LogP) is 4.66. The van der Waals surface area contributed by atoms with Crippen LogP contribution in [-0.4, -0.2) is 5.78 Å². The van der Waals surface area contributed by atoms with Crippen LogP contribution in [0.1, 0.15) is 10.4 Å². The number of carbonyl (C=O) groups is 1. The highest BCUT2D eigenvalue weighted by atomic mass is 79.9. The van der Waals surface area contributed by atoms with Gasteiger partial charge in [-0.15, -0.1) is 11.3 Å². The number of carbonyl (C=O) groups excluding carboxylic acids is 1. The summed E-state index contributed by atoms with van der Waals surface area (Å²) in [7, 11) is 0. The van der Waals surface area contributed by atoms with Gasteiger partial charge in [0.1, 0.15) is 11.6 Å². The number of hydrogen-bond donors (Lipinski definition) is 0. The van der Waals surface area contributed by atoms with Crippen LogP contribution in [0.25, 0.3) is 0 Å². The lowest BCUT2D eigenvalue weighted by molar-refractivity contribution is -0.117. The molecular weight excluding hydrogens is 339 g/mol. The normalized spacial score (nSPS) is 10.6. The Morgan fingerprint density at radius 1 is 1.39 bits per heavy atom. The summed E-state index contributed by atoms with van der Waals surface area (Å²) in [5, 5.41) is 2.22. The van der Waals surface area contributed by atoms with Gasteiger partial charge in [0.25, 0.3) is 0 Å². The summed E-state index contributed by atoms with van der Waals surface area (Å²) in [4.78, 5) is 12.8. The minimum Gasteiger partial charge on any atom is -0.299 e. The zero-order valence-corrected chi connectivity index (χ0v) is 12.4. The van der Waals surface area contributed by atoms with Crippen LogP contribution in [0.2, 0.25) is 5.02 Å². The Bertz CT molecular complexity index is 562. The summed E-state index contributed by atoms with van der Waals surface area (Å²) in [6.45, 7) is 0. The standard InChI is InChI=1S/C13H9BrClFOS/c14-8-4-10(18-7-8)5-9(17)6-11-12(15)2-1-3-13(11)16/h1-4,7H,5-6H2. The summed E-state index contributed by atoms with van der Waals surface area (Å²) >= 11 is 10.7. The summed E-state index contributed by atoms with van der Waals surface area (Å²) < 4.78 is 14.5. The minimum absolute atomic E-state index is 0.0288. The third-order valence-electron chi connectivity index (χ3n) is 2.43. The Balaban J connectivity index is 2.08. The van der Waals surface area contributed by atoms with Crippen LogP contribution >= 0.6 is 38.9 Å². The smallest absolute Gasteiger partial charge is 0.142 e. The SMILES string of the molecule is O=C(Cc1cc(Br)cs1)Cc1c(F)cccc1Cl. The van der Waals surface area contributed by atoms with Gasteiger partial charge in [0.05, 0.1) is 0 Å². The van der Waals surface area contributed by atoms with E-state index >= 15 is 0 Å². The fourth-order valence-corrected chi connectivity index (χ4v) is 3.31. The van der Waals surface area contributed by atoms with Crippen molar-refractivity contribution in [2.75, 3.05) is 0 Å². The van der Waals surface area contributed by atoms with Crippen LogP contribution in [0, 0.1) is 5.82 Å². The monoisotopic (exact) mass is 346 g/mol. The van der Waals surface area contributed by atoms with Crippen LogP contribution in [0.3, 0.4) is 0 Å². The molecule has 94 valence electrons. The maximum absolute atomic E-state index is 13.5. The molecule has 0 aliphatic heterocycles. The highest BCUT2D eigenvalue weighted by Crippen LogP contribution is 2.23. The average molecular weight is 348 g/mol. The summed E-state index contributed by atoms with van der Waals surface area (Å²) in [6, 6.07) is 6.33. The van der Waals surface area contributed by atoms with Crippen LogP contribution in [0.15, 0.2) is 34.1 Å². The van der Waals surface area contributed by atoms with Gasteiger partial charge in [-0.05, 0) is 34.1 Å². The summed E-state index contributed by atoms with van der Waals surface area (Å²) in [5.74, 6) is -0.473. The topological polar surface area (TPSA) is 17.1 Å². The molecule has 0 spiro atoms. The van der Waals surface area contributed by atoms with Crippen molar-refractivity contribution < 1.29 is 9.18 Å². The number of rotatable bonds is 4. The van der Waals surface area contributed by atoms with Gasteiger partial charge in [-0.2, -0.15) is 0 Å². The van der Waals surface area contributed by atoms with Crippen LogP contribution < -0.4 is 0 Å². The first kappa shape index (κ1) is 13.7. The lowest BCUT2D eigenvalue weighted by Gasteiger charge is -2.04. The van der Waals surface area contributed by atoms with Crippen molar-refractivity contribution in [1.29, 1.82) is 0 Å². The molecule has 0 bridgehead atoms. The molecule has 0 saturated carbocycles. The zero-order valence-electron chi connectivity index (χ0n) is 9.25. The van der Waals surface area contributed by atoms with E-state index in [1.54, 1.807) is 6.07 Å². The van der Waals surface area contributed by atoms with Gasteiger partial charge in [-0.1, -0.05) is 17.7 Å². The molecule has 2 rings (SSSR count). The number of thiophene rings is 1. The molecule has 0 N–H and O–H groups in total. The molecule has 0 unspecified atom stereocenters. The fraction of sp³-hybridized carbons (Fsp3) is 0.154. The maximum Gasteiger partial charge on any atom is 0.142 e. The van der Waals surface area contributed by atoms with E-state index in [2.05, 4.69) is 15.9 Å². The molecule has 5 heteroatoms. The summed E-state index contributed by atoms with van der Waals surface area (Å²) in [5.41, 5.74) is 0.278. The molecule has 1 nitrogen and oxygen atoms in total. The van der Waals surface area contributed by atoms with E-state index in [9.17, 15) is 9.18 Å². The second kappa shape index (κ2) is 5.95. The van der Waals surface area contributed by atoms with Crippen LogP contribution in [0.5, 0.6) is 0 Å². The molecule has 1 aromatic heterocycles. The van der Waals surface area contributed by atoms with E-state index in [4.69, 9.17) is 11.6 Å². The average Bonchev–Trinajstić information content (AvgIpc) is 2.69. The highest BCUT2D eigenvalue weighted by molar-refractivity contribution is 9.10. The van der Waals surface area contributed by atoms with Crippen molar-refractivity contribution in [2.24, 2.45) is 0 Å². The van der Waals surface area contributed by atoms with E-state index in [0.717, 1.165) is 9.35 Å². The second-order valence-electron chi connectivity index (χ2n) is 3.82. The third kappa shape index (κ3) is 3.40. The maximum atomic E-state index is 13.5. The van der Waals surface area contributed by atoms with E-state index in [0.29, 0.717) is 11.4 Å². The first-order valence-electron chi connectivity index (χ1n) is 5.24. The van der Waals surface area contributed by atoms with Gasteiger partial charge in [0.15, 0.2) is 0 Å². The quantitative estimate of drug-likeness (QED) is 0.786. The Morgan fingerprint density at radius 2 is 2.17 bits per heavy atom. The Labute approximate surface area is 122 Å². The van der Waals surface area contributed by atoms with Crippen molar-refractivity contribution >= 4 is 44.7 Å². The van der Waals surface area contributed by atoms with Crippen LogP contribution in [0.4, 0.5) is 4.39 Å². The first-order valence-corrected chi connectivity index (χ1v) is 7.29. The number of hydrogen-bond acceptors (Lipinski definition) is 2. The van der Waals surface area contributed by atoms with Crippen molar-refractivity contribution in [3.63, 3.8) is 0 Å². The third-order valence-corrected chi connectivity index (χ3v) is 4.48. The van der Waals surface area contributed by atoms with E-state index in [1.165, 1.54) is 23.5 Å². The Morgan fingerprint density at radius 3 is 2.78 bits per heavy atom. The summed E-state index contributed by atoms with van der Waals surface area (Å²) in [6.07, 6.45) is 0.335. The van der Waals surface area contributed by atoms with E-state index < -0.39 is 5.82 Å². The Hall–Kier alpha value is -0.710. The van der Waals surface area contributed by atoms with Crippen molar-refractivity contribution in [2.45, 2.75) is 12.8 Å².